The molecule has 6 nitrogen and oxygen atoms in total. The molecule has 3 aromatic carbocycles. The molecule has 174 valence electrons. The highest BCUT2D eigenvalue weighted by molar-refractivity contribution is 9.10. The molecule has 4 aromatic rings. The first kappa shape index (κ1) is 24.6. The number of amides is 1. The van der Waals surface area contributed by atoms with Crippen molar-refractivity contribution in [1.82, 2.24) is 5.43 Å². The third-order valence-electron chi connectivity index (χ3n) is 4.73. The number of fused-ring (bicyclic) bond motifs is 1. The molecular weight excluding hydrogens is 611 g/mol. The van der Waals surface area contributed by atoms with E-state index in [1.165, 1.54) is 13.3 Å². The second-order valence-corrected chi connectivity index (χ2v) is 9.64. The number of benzene rings is 3. The third kappa shape index (κ3) is 5.75. The standard InChI is InChI=1S/C24H16Br2Cl2N2O4/c1-32-21-9-15(17(26)10-22(21)33-12-13-2-4-18(27)19(28)6-13)11-29-30-24(31)23-8-14-7-16(25)3-5-20(14)34-23/h2-11H,12H2,1H3,(H,30,31)/b29-11+. The van der Waals surface area contributed by atoms with Crippen LogP contribution < -0.4 is 14.9 Å². The number of nitrogens with one attached hydrogen (secondary N) is 1. The van der Waals surface area contributed by atoms with E-state index in [4.69, 9.17) is 37.1 Å². The maximum Gasteiger partial charge on any atom is 0.307 e. The van der Waals surface area contributed by atoms with Crippen molar-refractivity contribution in [3.05, 3.63) is 90.5 Å². The van der Waals surface area contributed by atoms with E-state index >= 15 is 0 Å². The van der Waals surface area contributed by atoms with Crippen LogP contribution in [0.25, 0.3) is 11.0 Å². The first-order valence-electron chi connectivity index (χ1n) is 9.81. The second-order valence-electron chi connectivity index (χ2n) is 7.05. The molecule has 1 aromatic heterocycles. The smallest absolute Gasteiger partial charge is 0.307 e. The van der Waals surface area contributed by atoms with Crippen molar-refractivity contribution in [2.24, 2.45) is 5.10 Å². The first-order valence-corrected chi connectivity index (χ1v) is 12.1. The summed E-state index contributed by atoms with van der Waals surface area (Å²) in [4.78, 5) is 12.4. The Labute approximate surface area is 222 Å². The first-order chi connectivity index (χ1) is 16.3. The number of hydrogen-bond donors (Lipinski definition) is 1. The zero-order chi connectivity index (χ0) is 24.2. The largest absolute Gasteiger partial charge is 0.493 e. The number of nitrogens with zero attached hydrogens (tertiary/aromatic N) is 1. The Morgan fingerprint density at radius 3 is 2.65 bits per heavy atom. The molecule has 0 radical (unpaired) electrons. The lowest BCUT2D eigenvalue weighted by Gasteiger charge is -2.13. The summed E-state index contributed by atoms with van der Waals surface area (Å²) in [6, 6.07) is 15.9. The van der Waals surface area contributed by atoms with Crippen molar-refractivity contribution in [2.45, 2.75) is 6.61 Å². The molecule has 4 rings (SSSR count). The quantitative estimate of drug-likeness (QED) is 0.169. The molecule has 0 saturated heterocycles. The minimum Gasteiger partial charge on any atom is -0.493 e. The third-order valence-corrected chi connectivity index (χ3v) is 6.65. The van der Waals surface area contributed by atoms with Gasteiger partial charge in [-0.05, 0) is 70.0 Å². The van der Waals surface area contributed by atoms with Crippen LogP contribution in [-0.2, 0) is 6.61 Å². The van der Waals surface area contributed by atoms with Gasteiger partial charge in [0.25, 0.3) is 0 Å². The van der Waals surface area contributed by atoms with Crippen molar-refractivity contribution in [1.29, 1.82) is 0 Å². The lowest BCUT2D eigenvalue weighted by Crippen LogP contribution is -2.16. The summed E-state index contributed by atoms with van der Waals surface area (Å²) in [6.45, 7) is 0.275. The number of hydrogen-bond acceptors (Lipinski definition) is 5. The zero-order valence-corrected chi connectivity index (χ0v) is 22.3. The van der Waals surface area contributed by atoms with Crippen LogP contribution in [-0.4, -0.2) is 19.2 Å². The molecule has 0 saturated carbocycles. The molecule has 0 spiro atoms. The number of ether oxygens (including phenoxy) is 2. The van der Waals surface area contributed by atoms with Gasteiger partial charge < -0.3 is 13.9 Å². The van der Waals surface area contributed by atoms with Gasteiger partial charge in [0.1, 0.15) is 12.2 Å². The van der Waals surface area contributed by atoms with E-state index in [-0.39, 0.29) is 12.4 Å². The molecule has 0 aliphatic rings. The summed E-state index contributed by atoms with van der Waals surface area (Å²) in [5.74, 6) is 0.718. The average Bonchev–Trinajstić information content (AvgIpc) is 3.24. The van der Waals surface area contributed by atoms with Crippen LogP contribution in [0.5, 0.6) is 11.5 Å². The zero-order valence-electron chi connectivity index (χ0n) is 17.6. The van der Waals surface area contributed by atoms with Crippen LogP contribution in [0.1, 0.15) is 21.7 Å². The highest BCUT2D eigenvalue weighted by Gasteiger charge is 2.13. The van der Waals surface area contributed by atoms with Gasteiger partial charge >= 0.3 is 5.91 Å². The molecule has 1 N–H and O–H groups in total. The topological polar surface area (TPSA) is 73.1 Å². The van der Waals surface area contributed by atoms with Crippen molar-refractivity contribution < 1.29 is 18.7 Å². The van der Waals surface area contributed by atoms with E-state index in [1.54, 1.807) is 36.4 Å². The van der Waals surface area contributed by atoms with Gasteiger partial charge in [-0.2, -0.15) is 5.10 Å². The minimum absolute atomic E-state index is 0.160. The molecule has 1 heterocycles. The van der Waals surface area contributed by atoms with Crippen LogP contribution >= 0.6 is 55.1 Å². The number of halogens is 4. The van der Waals surface area contributed by atoms with Gasteiger partial charge in [-0.25, -0.2) is 5.43 Å². The molecule has 0 bridgehead atoms. The van der Waals surface area contributed by atoms with Crippen molar-refractivity contribution in [2.75, 3.05) is 7.11 Å². The fraction of sp³-hybridized carbons (Fsp3) is 0.0833. The molecule has 34 heavy (non-hydrogen) atoms. The number of furan rings is 1. The molecule has 0 aliphatic heterocycles. The monoisotopic (exact) mass is 624 g/mol. The average molecular weight is 627 g/mol. The summed E-state index contributed by atoms with van der Waals surface area (Å²) in [7, 11) is 1.54. The minimum atomic E-state index is -0.465. The van der Waals surface area contributed by atoms with Gasteiger partial charge in [-0.3, -0.25) is 4.79 Å². The van der Waals surface area contributed by atoms with Gasteiger partial charge in [-0.15, -0.1) is 0 Å². The number of rotatable bonds is 7. The Kier molecular flexibility index (Phi) is 7.83. The van der Waals surface area contributed by atoms with Crippen molar-refractivity contribution in [3.8, 4) is 11.5 Å². The van der Waals surface area contributed by atoms with Crippen LogP contribution in [0.2, 0.25) is 10.0 Å². The predicted octanol–water partition coefficient (Wildman–Crippen LogP) is 7.62. The summed E-state index contributed by atoms with van der Waals surface area (Å²) >= 11 is 18.9. The lowest BCUT2D eigenvalue weighted by atomic mass is 10.2. The van der Waals surface area contributed by atoms with E-state index < -0.39 is 5.91 Å². The van der Waals surface area contributed by atoms with Crippen LogP contribution in [0, 0.1) is 0 Å². The van der Waals surface area contributed by atoms with Crippen LogP contribution in [0.4, 0.5) is 0 Å². The fourth-order valence-electron chi connectivity index (χ4n) is 3.05. The maximum atomic E-state index is 12.4. The van der Waals surface area contributed by atoms with Gasteiger partial charge in [-0.1, -0.05) is 45.2 Å². The highest BCUT2D eigenvalue weighted by Crippen LogP contribution is 2.34. The molecule has 10 heteroatoms. The molecular formula is C24H16Br2Cl2N2O4. The van der Waals surface area contributed by atoms with E-state index in [2.05, 4.69) is 42.4 Å². The normalized spacial score (nSPS) is 11.2. The summed E-state index contributed by atoms with van der Waals surface area (Å²) < 4.78 is 18.5. The van der Waals surface area contributed by atoms with E-state index in [1.807, 2.05) is 18.2 Å². The van der Waals surface area contributed by atoms with Crippen LogP contribution in [0.15, 0.2) is 73.1 Å². The van der Waals surface area contributed by atoms with E-state index in [0.717, 1.165) is 15.4 Å². The number of carbonyl (C=O) groups excluding carboxylic acids is 1. The number of hydrazone groups is 1. The predicted molar refractivity (Wildman–Crippen MR) is 140 cm³/mol. The molecule has 1 amide bonds. The van der Waals surface area contributed by atoms with E-state index in [9.17, 15) is 4.79 Å². The Morgan fingerprint density at radius 1 is 1.06 bits per heavy atom. The van der Waals surface area contributed by atoms with Gasteiger partial charge in [0.05, 0.1) is 23.4 Å². The number of methoxy groups -OCH3 is 1. The highest BCUT2D eigenvalue weighted by atomic mass is 79.9. The SMILES string of the molecule is COc1cc(/C=N/NC(=O)c2cc3cc(Br)ccc3o2)c(Br)cc1OCc1ccc(Cl)c(Cl)c1. The summed E-state index contributed by atoms with van der Waals surface area (Å²) in [6.07, 6.45) is 1.49. The maximum absolute atomic E-state index is 12.4. The van der Waals surface area contributed by atoms with E-state index in [0.29, 0.717) is 37.2 Å². The Balaban J connectivity index is 1.44. The molecule has 0 atom stereocenters. The Morgan fingerprint density at radius 2 is 1.88 bits per heavy atom. The van der Waals surface area contributed by atoms with Gasteiger partial charge in [0.2, 0.25) is 0 Å². The number of carbonyl (C=O) groups is 1. The molecule has 0 unspecified atom stereocenters. The Hall–Kier alpha value is -2.52. The van der Waals surface area contributed by atoms with Gasteiger partial charge in [0, 0.05) is 19.9 Å². The Bertz CT molecular complexity index is 1410. The summed E-state index contributed by atoms with van der Waals surface area (Å²) in [5.41, 5.74) is 4.61. The fourth-order valence-corrected chi connectivity index (χ4v) is 4.18. The molecule has 0 aliphatic carbocycles. The van der Waals surface area contributed by atoms with Crippen LogP contribution in [0.3, 0.4) is 0 Å². The lowest BCUT2D eigenvalue weighted by molar-refractivity contribution is 0.0929. The van der Waals surface area contributed by atoms with Crippen molar-refractivity contribution >= 4 is 78.2 Å². The summed E-state index contributed by atoms with van der Waals surface area (Å²) in [5, 5.41) is 5.79. The molecule has 0 fully saturated rings. The second kappa shape index (κ2) is 10.8. The van der Waals surface area contributed by atoms with Crippen molar-refractivity contribution in [3.63, 3.8) is 0 Å². The van der Waals surface area contributed by atoms with Gasteiger partial charge in [0.15, 0.2) is 17.3 Å².